The van der Waals surface area contributed by atoms with Crippen molar-refractivity contribution in [1.82, 2.24) is 19.6 Å². The van der Waals surface area contributed by atoms with Crippen LogP contribution in [0.15, 0.2) is 16.9 Å². The van der Waals surface area contributed by atoms with E-state index in [1.54, 1.807) is 47.6 Å². The molecule has 0 spiro atoms. The number of β-lactam (4-membered cyclic amide) rings is 1. The Bertz CT molecular complexity index is 1070. The van der Waals surface area contributed by atoms with Gasteiger partial charge >= 0.3 is 12.1 Å². The predicted octanol–water partition coefficient (Wildman–Crippen LogP) is 2.32. The first-order valence-corrected chi connectivity index (χ1v) is 12.4. The predicted molar refractivity (Wildman–Crippen MR) is 127 cm³/mol. The number of carbonyl (C=O) groups excluding carboxylic acids is 4. The molecule has 2 aliphatic rings. The van der Waals surface area contributed by atoms with Crippen LogP contribution in [-0.4, -0.2) is 66.5 Å². The molecule has 3 amide bonds. The number of nitroso groups, excluding NO2 is 1. The van der Waals surface area contributed by atoms with E-state index in [0.717, 1.165) is 11.5 Å². The third kappa shape index (κ3) is 6.33. The number of carbonyl (C=O) groups is 4. The molecule has 3 heterocycles. The highest BCUT2D eigenvalue weighted by Gasteiger charge is 2.53. The minimum absolute atomic E-state index is 0.0107. The largest absolute Gasteiger partial charge is 0.455 e. The van der Waals surface area contributed by atoms with Gasteiger partial charge in [-0.25, -0.2) is 14.6 Å². The van der Waals surface area contributed by atoms with Gasteiger partial charge in [-0.05, 0) is 52.8 Å². The van der Waals surface area contributed by atoms with E-state index in [-0.39, 0.29) is 16.7 Å². The average molecular weight is 527 g/mol. The SMILES string of the molecule is CC(C)(C)OC(=O)Nc1nc(C(N=O)C(=O)N[C@@H]2C(=O)N3C(C(=O)OC(C)(C)C)=CCS[C@@H]23)ns1. The molecule has 1 fully saturated rings. The van der Waals surface area contributed by atoms with Crippen LogP contribution in [0.3, 0.4) is 0 Å². The summed E-state index contributed by atoms with van der Waals surface area (Å²) in [5, 5.41) is 7.12. The van der Waals surface area contributed by atoms with Crippen LogP contribution in [0.4, 0.5) is 9.93 Å². The molecular weight excluding hydrogens is 500 g/mol. The number of hydrogen-bond acceptors (Lipinski definition) is 12. The van der Waals surface area contributed by atoms with Gasteiger partial charge in [-0.15, -0.1) is 16.7 Å². The maximum atomic E-state index is 12.7. The lowest BCUT2D eigenvalue weighted by atomic mass is 10.0. The van der Waals surface area contributed by atoms with Crippen LogP contribution < -0.4 is 10.6 Å². The van der Waals surface area contributed by atoms with Crippen molar-refractivity contribution in [3.63, 3.8) is 0 Å². The molecule has 0 saturated carbocycles. The third-order valence-electron chi connectivity index (χ3n) is 4.40. The van der Waals surface area contributed by atoms with Gasteiger partial charge in [-0.2, -0.15) is 4.37 Å². The van der Waals surface area contributed by atoms with E-state index in [9.17, 15) is 24.1 Å². The maximum Gasteiger partial charge on any atom is 0.414 e. The van der Waals surface area contributed by atoms with Crippen LogP contribution in [0.25, 0.3) is 0 Å². The summed E-state index contributed by atoms with van der Waals surface area (Å²) in [5.74, 6) is -1.84. The molecule has 0 bridgehead atoms. The van der Waals surface area contributed by atoms with Gasteiger partial charge in [-0.1, -0.05) is 0 Å². The number of aromatic nitrogens is 2. The van der Waals surface area contributed by atoms with Crippen molar-refractivity contribution in [2.24, 2.45) is 5.18 Å². The highest BCUT2D eigenvalue weighted by molar-refractivity contribution is 8.00. The Morgan fingerprint density at radius 1 is 1.17 bits per heavy atom. The monoisotopic (exact) mass is 526 g/mol. The van der Waals surface area contributed by atoms with Crippen LogP contribution in [0.1, 0.15) is 53.4 Å². The zero-order chi connectivity index (χ0) is 26.1. The Labute approximate surface area is 209 Å². The molecule has 0 aliphatic carbocycles. The molecule has 3 atom stereocenters. The van der Waals surface area contributed by atoms with Crippen LogP contribution >= 0.6 is 23.3 Å². The molecule has 0 radical (unpaired) electrons. The lowest BCUT2D eigenvalue weighted by molar-refractivity contribution is -0.158. The number of nitrogens with zero attached hydrogens (tertiary/aromatic N) is 4. The molecule has 35 heavy (non-hydrogen) atoms. The van der Waals surface area contributed by atoms with Crippen molar-refractivity contribution in [3.05, 3.63) is 22.5 Å². The Morgan fingerprint density at radius 2 is 1.83 bits per heavy atom. The van der Waals surface area contributed by atoms with Crippen molar-refractivity contribution in [1.29, 1.82) is 0 Å². The summed E-state index contributed by atoms with van der Waals surface area (Å²) in [7, 11) is 0. The molecule has 13 nitrogen and oxygen atoms in total. The fourth-order valence-corrected chi connectivity index (χ4v) is 4.87. The van der Waals surface area contributed by atoms with E-state index < -0.39 is 52.5 Å². The summed E-state index contributed by atoms with van der Waals surface area (Å²) in [6.07, 6.45) is 0.822. The van der Waals surface area contributed by atoms with Crippen molar-refractivity contribution < 1.29 is 28.7 Å². The topological polar surface area (TPSA) is 169 Å². The Morgan fingerprint density at radius 3 is 2.43 bits per heavy atom. The number of ether oxygens (including phenoxy) is 2. The van der Waals surface area contributed by atoms with Crippen LogP contribution in [-0.2, 0) is 23.9 Å². The van der Waals surface area contributed by atoms with Gasteiger partial charge in [0.2, 0.25) is 11.2 Å². The lowest BCUT2D eigenvalue weighted by Crippen LogP contribution is -2.70. The highest BCUT2D eigenvalue weighted by atomic mass is 32.2. The molecule has 1 aromatic heterocycles. The van der Waals surface area contributed by atoms with E-state index in [1.165, 1.54) is 16.7 Å². The van der Waals surface area contributed by atoms with Crippen LogP contribution in [0.5, 0.6) is 0 Å². The standard InChI is InChI=1S/C20H26N6O7S2/c1-19(2,3)32-16(29)9-7-8-34-15-11(14(28)26(9)15)21-13(27)10(24-31)12-22-17(35-25-12)23-18(30)33-20(4,5)6/h7,10-11,15H,8H2,1-6H3,(H,21,27)(H,22,23,25,30)/t10?,11-,15+/m1/s1. The number of fused-ring (bicyclic) bond motifs is 1. The lowest BCUT2D eigenvalue weighted by Gasteiger charge is -2.48. The summed E-state index contributed by atoms with van der Waals surface area (Å²) in [4.78, 5) is 66.5. The van der Waals surface area contributed by atoms with Gasteiger partial charge < -0.3 is 14.8 Å². The third-order valence-corrected chi connectivity index (χ3v) is 6.23. The molecule has 2 aliphatic heterocycles. The molecule has 15 heteroatoms. The molecule has 1 unspecified atom stereocenters. The van der Waals surface area contributed by atoms with Crippen LogP contribution in [0.2, 0.25) is 0 Å². The van der Waals surface area contributed by atoms with E-state index in [0.29, 0.717) is 5.75 Å². The Kier molecular flexibility index (Phi) is 7.50. The molecule has 1 aromatic rings. The van der Waals surface area contributed by atoms with E-state index in [4.69, 9.17) is 9.47 Å². The second-order valence-corrected chi connectivity index (χ2v) is 11.5. The molecular formula is C20H26N6O7S2. The normalized spacial score (nSPS) is 20.6. The summed E-state index contributed by atoms with van der Waals surface area (Å²) in [6.45, 7) is 10.2. The number of hydrogen-bond donors (Lipinski definition) is 2. The number of nitrogens with one attached hydrogen (secondary N) is 2. The minimum Gasteiger partial charge on any atom is -0.455 e. The number of thioether (sulfide) groups is 1. The molecule has 190 valence electrons. The summed E-state index contributed by atoms with van der Waals surface area (Å²) < 4.78 is 14.4. The molecule has 3 rings (SSSR count). The second kappa shape index (κ2) is 9.89. The number of amides is 3. The summed E-state index contributed by atoms with van der Waals surface area (Å²) in [5.41, 5.74) is -1.35. The van der Waals surface area contributed by atoms with Crippen LogP contribution in [0, 0.1) is 4.91 Å². The Hall–Kier alpha value is -3.07. The first-order chi connectivity index (χ1) is 16.2. The fourth-order valence-electron chi connectivity index (χ4n) is 3.09. The summed E-state index contributed by atoms with van der Waals surface area (Å²) >= 11 is 2.08. The van der Waals surface area contributed by atoms with Gasteiger partial charge in [0.25, 0.3) is 11.8 Å². The van der Waals surface area contributed by atoms with Crippen molar-refractivity contribution in [2.75, 3.05) is 11.1 Å². The molecule has 2 N–H and O–H groups in total. The summed E-state index contributed by atoms with van der Waals surface area (Å²) in [6, 6.07) is -2.61. The molecule has 1 saturated heterocycles. The first-order valence-electron chi connectivity index (χ1n) is 10.5. The van der Waals surface area contributed by atoms with Crippen molar-refractivity contribution in [3.8, 4) is 0 Å². The van der Waals surface area contributed by atoms with Gasteiger partial charge in [0.15, 0.2) is 5.82 Å². The quantitative estimate of drug-likeness (QED) is 0.319. The smallest absolute Gasteiger partial charge is 0.414 e. The van der Waals surface area contributed by atoms with Gasteiger partial charge in [-0.3, -0.25) is 19.8 Å². The second-order valence-electron chi connectivity index (χ2n) is 9.60. The highest BCUT2D eigenvalue weighted by Crippen LogP contribution is 2.38. The van der Waals surface area contributed by atoms with Crippen molar-refractivity contribution >= 4 is 52.3 Å². The van der Waals surface area contributed by atoms with Gasteiger partial charge in [0.05, 0.1) is 0 Å². The maximum absolute atomic E-state index is 12.7. The first kappa shape index (κ1) is 26.5. The average Bonchev–Trinajstić information content (AvgIpc) is 3.16. The van der Waals surface area contributed by atoms with E-state index >= 15 is 0 Å². The molecule has 0 aromatic carbocycles. The number of esters is 1. The van der Waals surface area contributed by atoms with Gasteiger partial charge in [0, 0.05) is 17.3 Å². The van der Waals surface area contributed by atoms with E-state index in [1.807, 2.05) is 0 Å². The zero-order valence-electron chi connectivity index (χ0n) is 20.0. The minimum atomic E-state index is -1.64. The number of rotatable bonds is 6. The van der Waals surface area contributed by atoms with Crippen molar-refractivity contribution in [2.45, 2.75) is 70.2 Å². The number of anilines is 1. The van der Waals surface area contributed by atoms with E-state index in [2.05, 4.69) is 25.2 Å². The zero-order valence-corrected chi connectivity index (χ0v) is 21.6. The fraction of sp³-hybridized carbons (Fsp3) is 0.600. The Balaban J connectivity index is 1.64. The van der Waals surface area contributed by atoms with Gasteiger partial charge in [0.1, 0.15) is 28.3 Å².